The molecule has 0 aromatic heterocycles. The molecule has 16 heavy (non-hydrogen) atoms. The molecule has 88 valence electrons. The highest BCUT2D eigenvalue weighted by Gasteiger charge is 2.16. The van der Waals surface area contributed by atoms with E-state index in [0.717, 1.165) is 0 Å². The second-order valence-electron chi connectivity index (χ2n) is 4.21. The molecule has 1 amide bonds. The van der Waals surface area contributed by atoms with Crippen molar-refractivity contribution in [1.29, 1.82) is 0 Å². The molecule has 1 aromatic rings. The summed E-state index contributed by atoms with van der Waals surface area (Å²) in [5.41, 5.74) is 6.93. The number of nitrogen functional groups attached to an aromatic ring is 1. The van der Waals surface area contributed by atoms with Crippen molar-refractivity contribution in [3.8, 4) is 0 Å². The van der Waals surface area contributed by atoms with Crippen molar-refractivity contribution in [2.75, 3.05) is 11.1 Å². The molecule has 0 spiro atoms. The maximum absolute atomic E-state index is 11.7. The first-order valence-electron chi connectivity index (χ1n) is 5.29. The van der Waals surface area contributed by atoms with E-state index in [9.17, 15) is 4.79 Å². The number of benzene rings is 1. The van der Waals surface area contributed by atoms with Crippen molar-refractivity contribution in [2.24, 2.45) is 5.92 Å². The van der Waals surface area contributed by atoms with Gasteiger partial charge in [-0.15, -0.1) is 11.6 Å². The number of halogens is 1. The number of hydrogen-bond donors (Lipinski definition) is 2. The van der Waals surface area contributed by atoms with Crippen LogP contribution >= 0.6 is 11.6 Å². The van der Waals surface area contributed by atoms with Gasteiger partial charge in [0, 0.05) is 11.4 Å². The van der Waals surface area contributed by atoms with Gasteiger partial charge in [-0.05, 0) is 36.6 Å². The van der Waals surface area contributed by atoms with Crippen LogP contribution in [0.1, 0.15) is 20.3 Å². The monoisotopic (exact) mass is 240 g/mol. The van der Waals surface area contributed by atoms with E-state index in [2.05, 4.69) is 5.32 Å². The highest BCUT2D eigenvalue weighted by atomic mass is 35.5. The summed E-state index contributed by atoms with van der Waals surface area (Å²) in [5, 5.41) is 2.26. The normalized spacial score (nSPS) is 12.5. The highest BCUT2D eigenvalue weighted by molar-refractivity contribution is 6.32. The minimum Gasteiger partial charge on any atom is -0.399 e. The third-order valence-corrected chi connectivity index (χ3v) is 2.52. The molecule has 1 rings (SSSR count). The molecule has 0 fully saturated rings. The standard InChI is InChI=1S/C12H17ClN2O/c1-8(2)7-11(13)12(16)15-10-5-3-9(14)4-6-10/h3-6,8,11H,7,14H2,1-2H3,(H,15,16)/t11-/m0/s1. The lowest BCUT2D eigenvalue weighted by atomic mass is 10.1. The topological polar surface area (TPSA) is 55.1 Å². The van der Waals surface area contributed by atoms with Gasteiger partial charge >= 0.3 is 0 Å². The summed E-state index contributed by atoms with van der Waals surface area (Å²) in [6.07, 6.45) is 0.669. The zero-order valence-electron chi connectivity index (χ0n) is 9.53. The van der Waals surface area contributed by atoms with Crippen molar-refractivity contribution in [2.45, 2.75) is 25.6 Å². The number of nitrogens with one attached hydrogen (secondary N) is 1. The highest BCUT2D eigenvalue weighted by Crippen LogP contribution is 2.15. The summed E-state index contributed by atoms with van der Waals surface area (Å²) in [5.74, 6) is 0.236. The van der Waals surface area contributed by atoms with E-state index in [1.807, 2.05) is 13.8 Å². The number of hydrogen-bond acceptors (Lipinski definition) is 2. The van der Waals surface area contributed by atoms with E-state index < -0.39 is 5.38 Å². The molecule has 3 N–H and O–H groups in total. The molecule has 4 heteroatoms. The molecule has 0 aliphatic rings. The summed E-state index contributed by atoms with van der Waals surface area (Å²) in [4.78, 5) is 11.7. The summed E-state index contributed by atoms with van der Waals surface area (Å²) < 4.78 is 0. The molecule has 0 saturated heterocycles. The molecule has 3 nitrogen and oxygen atoms in total. The van der Waals surface area contributed by atoms with Gasteiger partial charge in [-0.2, -0.15) is 0 Å². The smallest absolute Gasteiger partial charge is 0.242 e. The number of nitrogens with two attached hydrogens (primary N) is 1. The first kappa shape index (κ1) is 12.8. The average molecular weight is 241 g/mol. The molecule has 0 bridgehead atoms. The van der Waals surface area contributed by atoms with Gasteiger partial charge in [-0.3, -0.25) is 4.79 Å². The van der Waals surface area contributed by atoms with Crippen LogP contribution in [0.2, 0.25) is 0 Å². The molecule has 1 aromatic carbocycles. The molecule has 1 atom stereocenters. The van der Waals surface area contributed by atoms with E-state index in [0.29, 0.717) is 23.7 Å². The van der Waals surface area contributed by atoms with Crippen LogP contribution in [0, 0.1) is 5.92 Å². The Bertz CT molecular complexity index is 349. The predicted molar refractivity (Wildman–Crippen MR) is 68.6 cm³/mol. The Labute approximate surface area is 101 Å². The van der Waals surface area contributed by atoms with E-state index in [1.165, 1.54) is 0 Å². The number of anilines is 2. The Morgan fingerprint density at radius 3 is 2.44 bits per heavy atom. The van der Waals surface area contributed by atoms with E-state index >= 15 is 0 Å². The van der Waals surface area contributed by atoms with Crippen molar-refractivity contribution >= 4 is 28.9 Å². The fourth-order valence-corrected chi connectivity index (χ4v) is 1.72. The summed E-state index contributed by atoms with van der Waals surface area (Å²) in [7, 11) is 0. The van der Waals surface area contributed by atoms with Gasteiger partial charge in [0.2, 0.25) is 5.91 Å². The van der Waals surface area contributed by atoms with Gasteiger partial charge in [-0.1, -0.05) is 13.8 Å². The maximum atomic E-state index is 11.7. The lowest BCUT2D eigenvalue weighted by molar-refractivity contribution is -0.116. The number of carbonyl (C=O) groups excluding carboxylic acids is 1. The Balaban J connectivity index is 2.54. The van der Waals surface area contributed by atoms with Crippen LogP contribution in [0.4, 0.5) is 11.4 Å². The molecule has 0 saturated carbocycles. The number of alkyl halides is 1. The van der Waals surface area contributed by atoms with Gasteiger partial charge in [-0.25, -0.2) is 0 Å². The van der Waals surface area contributed by atoms with Crippen molar-refractivity contribution in [3.05, 3.63) is 24.3 Å². The van der Waals surface area contributed by atoms with Crippen LogP contribution in [-0.2, 0) is 4.79 Å². The Kier molecular flexibility index (Phi) is 4.62. The van der Waals surface area contributed by atoms with Crippen LogP contribution in [0.15, 0.2) is 24.3 Å². The maximum Gasteiger partial charge on any atom is 0.242 e. The van der Waals surface area contributed by atoms with Gasteiger partial charge in [0.05, 0.1) is 0 Å². The fraction of sp³-hybridized carbons (Fsp3) is 0.417. The van der Waals surface area contributed by atoms with E-state index in [4.69, 9.17) is 17.3 Å². The Morgan fingerprint density at radius 1 is 1.38 bits per heavy atom. The molecule has 0 aliphatic carbocycles. The minimum atomic E-state index is -0.488. The molecule has 0 unspecified atom stereocenters. The van der Waals surface area contributed by atoms with Crippen molar-refractivity contribution in [3.63, 3.8) is 0 Å². The lowest BCUT2D eigenvalue weighted by Crippen LogP contribution is -2.24. The quantitative estimate of drug-likeness (QED) is 0.628. The summed E-state index contributed by atoms with van der Waals surface area (Å²) in [6, 6.07) is 6.99. The zero-order valence-corrected chi connectivity index (χ0v) is 10.3. The van der Waals surface area contributed by atoms with Gasteiger partial charge in [0.15, 0.2) is 0 Å². The summed E-state index contributed by atoms with van der Waals surface area (Å²) >= 11 is 5.97. The van der Waals surface area contributed by atoms with Crippen molar-refractivity contribution < 1.29 is 4.79 Å². The second kappa shape index (κ2) is 5.75. The van der Waals surface area contributed by atoms with E-state index in [1.54, 1.807) is 24.3 Å². The van der Waals surface area contributed by atoms with Gasteiger partial charge < -0.3 is 11.1 Å². The SMILES string of the molecule is CC(C)C[C@H](Cl)C(=O)Nc1ccc(N)cc1. The molecule has 0 heterocycles. The predicted octanol–water partition coefficient (Wildman–Crippen LogP) is 2.86. The first-order chi connectivity index (χ1) is 7.49. The van der Waals surface area contributed by atoms with E-state index in [-0.39, 0.29) is 5.91 Å². The average Bonchev–Trinajstić information content (AvgIpc) is 2.20. The first-order valence-corrected chi connectivity index (χ1v) is 5.73. The largest absolute Gasteiger partial charge is 0.399 e. The van der Waals surface area contributed by atoms with Crippen LogP contribution in [-0.4, -0.2) is 11.3 Å². The zero-order chi connectivity index (χ0) is 12.1. The minimum absolute atomic E-state index is 0.167. The number of rotatable bonds is 4. The van der Waals surface area contributed by atoms with Crippen LogP contribution in [0.5, 0.6) is 0 Å². The molecular formula is C12H17ClN2O. The number of carbonyl (C=O) groups is 1. The Hall–Kier alpha value is -1.22. The molecule has 0 radical (unpaired) electrons. The molecular weight excluding hydrogens is 224 g/mol. The Morgan fingerprint density at radius 2 is 1.94 bits per heavy atom. The van der Waals surface area contributed by atoms with Crippen LogP contribution in [0.25, 0.3) is 0 Å². The summed E-state index contributed by atoms with van der Waals surface area (Å²) in [6.45, 7) is 4.07. The van der Waals surface area contributed by atoms with Crippen molar-refractivity contribution in [1.82, 2.24) is 0 Å². The second-order valence-corrected chi connectivity index (χ2v) is 4.74. The lowest BCUT2D eigenvalue weighted by Gasteiger charge is -2.12. The third kappa shape index (κ3) is 4.11. The third-order valence-electron chi connectivity index (χ3n) is 2.14. The van der Waals surface area contributed by atoms with Gasteiger partial charge in [0.25, 0.3) is 0 Å². The van der Waals surface area contributed by atoms with Crippen LogP contribution < -0.4 is 11.1 Å². The fourth-order valence-electron chi connectivity index (χ4n) is 1.31. The van der Waals surface area contributed by atoms with Gasteiger partial charge in [0.1, 0.15) is 5.38 Å². The molecule has 0 aliphatic heterocycles. The number of amides is 1. The van der Waals surface area contributed by atoms with Crippen LogP contribution in [0.3, 0.4) is 0 Å².